The van der Waals surface area contributed by atoms with Crippen molar-refractivity contribution in [3.8, 4) is 0 Å². The highest BCUT2D eigenvalue weighted by molar-refractivity contribution is 5.81. The van der Waals surface area contributed by atoms with Crippen molar-refractivity contribution in [2.24, 2.45) is 10.8 Å². The summed E-state index contributed by atoms with van der Waals surface area (Å²) in [6, 6.07) is 0. The van der Waals surface area contributed by atoms with Crippen LogP contribution in [0.1, 0.15) is 81.6 Å². The molecule has 3 nitrogen and oxygen atoms in total. The first kappa shape index (κ1) is 21.6. The van der Waals surface area contributed by atoms with Crippen molar-refractivity contribution >= 4 is 5.78 Å². The fraction of sp³-hybridized carbons (Fsp3) is 0.947. The van der Waals surface area contributed by atoms with Gasteiger partial charge >= 0.3 is 0 Å². The van der Waals surface area contributed by atoms with E-state index in [4.69, 9.17) is 4.74 Å². The monoisotopic (exact) mass is 313 g/mol. The van der Waals surface area contributed by atoms with Crippen molar-refractivity contribution in [2.45, 2.75) is 92.8 Å². The maximum absolute atomic E-state index is 11.8. The molecule has 0 aliphatic rings. The SMILES string of the molecule is CNCCC(C)(C)OC(C)(C)CC(C)(C)CC(C)(C)C(C)=O. The molecule has 0 unspecified atom stereocenters. The Morgan fingerprint density at radius 3 is 1.82 bits per heavy atom. The fourth-order valence-electron chi connectivity index (χ4n) is 3.80. The summed E-state index contributed by atoms with van der Waals surface area (Å²) in [6.07, 6.45) is 2.78. The topological polar surface area (TPSA) is 38.3 Å². The molecule has 3 heteroatoms. The summed E-state index contributed by atoms with van der Waals surface area (Å²) in [4.78, 5) is 11.8. The van der Waals surface area contributed by atoms with Gasteiger partial charge in [-0.25, -0.2) is 0 Å². The van der Waals surface area contributed by atoms with Crippen LogP contribution in [0.5, 0.6) is 0 Å². The molecule has 0 heterocycles. The van der Waals surface area contributed by atoms with Gasteiger partial charge in [0.1, 0.15) is 5.78 Å². The molecule has 0 aromatic rings. The zero-order valence-electron chi connectivity index (χ0n) is 16.6. The summed E-state index contributed by atoms with van der Waals surface area (Å²) in [5.74, 6) is 0.258. The molecule has 0 amide bonds. The van der Waals surface area contributed by atoms with Gasteiger partial charge in [0.2, 0.25) is 0 Å². The Kier molecular flexibility index (Phi) is 7.30. The van der Waals surface area contributed by atoms with E-state index in [2.05, 4.69) is 46.9 Å². The zero-order valence-corrected chi connectivity index (χ0v) is 16.6. The molecule has 0 saturated carbocycles. The largest absolute Gasteiger partial charge is 0.370 e. The van der Waals surface area contributed by atoms with Gasteiger partial charge in [0.15, 0.2) is 0 Å². The quantitative estimate of drug-likeness (QED) is 0.641. The standard InChI is InChI=1S/C19H39NO2/c1-15(21)17(4,5)13-16(2,3)14-19(8,9)22-18(6,7)11-12-20-10/h20H,11-14H2,1-10H3. The molecule has 0 atom stereocenters. The van der Waals surface area contributed by atoms with Crippen molar-refractivity contribution in [1.82, 2.24) is 5.32 Å². The molecule has 0 aliphatic heterocycles. The highest BCUT2D eigenvalue weighted by atomic mass is 16.5. The normalized spacial score (nSPS) is 14.3. The van der Waals surface area contributed by atoms with E-state index < -0.39 is 0 Å². The maximum atomic E-state index is 11.8. The summed E-state index contributed by atoms with van der Waals surface area (Å²) in [5.41, 5.74) is -0.592. The Morgan fingerprint density at radius 1 is 0.909 bits per heavy atom. The lowest BCUT2D eigenvalue weighted by Gasteiger charge is -2.42. The molecule has 0 aromatic carbocycles. The van der Waals surface area contributed by atoms with Gasteiger partial charge in [0.25, 0.3) is 0 Å². The van der Waals surface area contributed by atoms with Crippen LogP contribution in [0, 0.1) is 10.8 Å². The van der Waals surface area contributed by atoms with Gasteiger partial charge in [-0.3, -0.25) is 4.79 Å². The number of ketones is 1. The van der Waals surface area contributed by atoms with Crippen molar-refractivity contribution < 1.29 is 9.53 Å². The van der Waals surface area contributed by atoms with E-state index in [9.17, 15) is 4.79 Å². The third-order valence-corrected chi connectivity index (χ3v) is 4.31. The van der Waals surface area contributed by atoms with Crippen LogP contribution in [0.3, 0.4) is 0 Å². The second-order valence-electron chi connectivity index (χ2n) is 9.43. The van der Waals surface area contributed by atoms with Gasteiger partial charge < -0.3 is 10.1 Å². The molecule has 1 N–H and O–H groups in total. The van der Waals surface area contributed by atoms with E-state index in [-0.39, 0.29) is 27.8 Å². The number of hydrogen-bond acceptors (Lipinski definition) is 3. The van der Waals surface area contributed by atoms with Crippen LogP contribution >= 0.6 is 0 Å². The van der Waals surface area contributed by atoms with Gasteiger partial charge in [0.05, 0.1) is 11.2 Å². The summed E-state index contributed by atoms with van der Waals surface area (Å²) in [6.45, 7) is 19.8. The Hall–Kier alpha value is -0.410. The predicted octanol–water partition coefficient (Wildman–Crippen LogP) is 4.59. The van der Waals surface area contributed by atoms with E-state index in [1.807, 2.05) is 20.9 Å². The van der Waals surface area contributed by atoms with E-state index in [0.29, 0.717) is 0 Å². The number of carbonyl (C=O) groups is 1. The lowest BCUT2D eigenvalue weighted by Crippen LogP contribution is -2.42. The minimum absolute atomic E-state index is 0.0533. The van der Waals surface area contributed by atoms with E-state index in [1.54, 1.807) is 6.92 Å². The zero-order chi connectivity index (χ0) is 17.8. The van der Waals surface area contributed by atoms with E-state index >= 15 is 0 Å². The van der Waals surface area contributed by atoms with Gasteiger partial charge in [0, 0.05) is 5.41 Å². The molecular formula is C19H39NO2. The molecule has 0 spiro atoms. The number of hydrogen-bond donors (Lipinski definition) is 1. The first-order chi connectivity index (χ1) is 9.63. The highest BCUT2D eigenvalue weighted by Gasteiger charge is 2.38. The molecule has 0 saturated heterocycles. The number of rotatable bonds is 10. The summed E-state index contributed by atoms with van der Waals surface area (Å²) < 4.78 is 6.41. The van der Waals surface area contributed by atoms with E-state index in [0.717, 1.165) is 25.8 Å². The first-order valence-corrected chi connectivity index (χ1v) is 8.48. The summed E-state index contributed by atoms with van der Waals surface area (Å²) in [5, 5.41) is 3.18. The van der Waals surface area contributed by atoms with Crippen LogP contribution < -0.4 is 5.32 Å². The van der Waals surface area contributed by atoms with Crippen molar-refractivity contribution in [3.05, 3.63) is 0 Å². The minimum atomic E-state index is -0.277. The van der Waals surface area contributed by atoms with E-state index in [1.165, 1.54) is 0 Å². The summed E-state index contributed by atoms with van der Waals surface area (Å²) >= 11 is 0. The smallest absolute Gasteiger partial charge is 0.135 e. The molecule has 0 aromatic heterocycles. The van der Waals surface area contributed by atoms with Crippen LogP contribution in [-0.2, 0) is 9.53 Å². The van der Waals surface area contributed by atoms with Crippen molar-refractivity contribution in [2.75, 3.05) is 13.6 Å². The number of nitrogens with one attached hydrogen (secondary N) is 1. The Balaban J connectivity index is 4.84. The molecular weight excluding hydrogens is 274 g/mol. The molecule has 0 rings (SSSR count). The first-order valence-electron chi connectivity index (χ1n) is 8.48. The van der Waals surface area contributed by atoms with Crippen LogP contribution in [0.25, 0.3) is 0 Å². The average Bonchev–Trinajstić information content (AvgIpc) is 2.20. The Bertz CT molecular complexity index is 368. The Labute approximate surface area is 138 Å². The second-order valence-corrected chi connectivity index (χ2v) is 9.43. The molecule has 132 valence electrons. The summed E-state index contributed by atoms with van der Waals surface area (Å²) in [7, 11) is 1.97. The third-order valence-electron chi connectivity index (χ3n) is 4.31. The molecule has 0 radical (unpaired) electrons. The Morgan fingerprint density at radius 2 is 1.41 bits per heavy atom. The van der Waals surface area contributed by atoms with Gasteiger partial charge in [-0.05, 0) is 72.9 Å². The van der Waals surface area contributed by atoms with Crippen LogP contribution in [0.15, 0.2) is 0 Å². The second kappa shape index (κ2) is 7.44. The lowest BCUT2D eigenvalue weighted by molar-refractivity contribution is -0.145. The van der Waals surface area contributed by atoms with Crippen molar-refractivity contribution in [1.29, 1.82) is 0 Å². The highest BCUT2D eigenvalue weighted by Crippen LogP contribution is 2.41. The maximum Gasteiger partial charge on any atom is 0.135 e. The predicted molar refractivity (Wildman–Crippen MR) is 95.3 cm³/mol. The van der Waals surface area contributed by atoms with Gasteiger partial charge in [-0.15, -0.1) is 0 Å². The van der Waals surface area contributed by atoms with Crippen LogP contribution in [0.2, 0.25) is 0 Å². The number of Topliss-reactive ketones (excluding diaryl/α,β-unsaturated/α-hetero) is 1. The van der Waals surface area contributed by atoms with Gasteiger partial charge in [-0.1, -0.05) is 27.7 Å². The third kappa shape index (κ3) is 8.28. The lowest BCUT2D eigenvalue weighted by atomic mass is 9.69. The van der Waals surface area contributed by atoms with Crippen LogP contribution in [-0.4, -0.2) is 30.6 Å². The van der Waals surface area contributed by atoms with Gasteiger partial charge in [-0.2, -0.15) is 0 Å². The molecule has 0 bridgehead atoms. The van der Waals surface area contributed by atoms with Crippen LogP contribution in [0.4, 0.5) is 0 Å². The molecule has 0 aliphatic carbocycles. The molecule has 0 fully saturated rings. The molecule has 22 heavy (non-hydrogen) atoms. The average molecular weight is 314 g/mol. The number of ether oxygens (including phenoxy) is 1. The fourth-order valence-corrected chi connectivity index (χ4v) is 3.80. The van der Waals surface area contributed by atoms with Crippen molar-refractivity contribution in [3.63, 3.8) is 0 Å². The number of carbonyl (C=O) groups excluding carboxylic acids is 1. The minimum Gasteiger partial charge on any atom is -0.370 e.